The third-order valence-electron chi connectivity index (χ3n) is 1.62. The van der Waals surface area contributed by atoms with E-state index in [4.69, 9.17) is 5.11 Å². The van der Waals surface area contributed by atoms with Gasteiger partial charge in [-0.1, -0.05) is 0 Å². The Labute approximate surface area is 78.2 Å². The van der Waals surface area contributed by atoms with Crippen LogP contribution in [0, 0.1) is 0 Å². The van der Waals surface area contributed by atoms with Crippen LogP contribution in [0.15, 0.2) is 12.3 Å². The summed E-state index contributed by atoms with van der Waals surface area (Å²) in [5.74, 6) is 0.000463. The molecule has 0 saturated carbocycles. The van der Waals surface area contributed by atoms with Gasteiger partial charge >= 0.3 is 6.18 Å². The van der Waals surface area contributed by atoms with Crippen molar-refractivity contribution >= 4 is 0 Å². The maximum Gasteiger partial charge on any atom is 0.417 e. The van der Waals surface area contributed by atoms with Crippen LogP contribution >= 0.6 is 0 Å². The Morgan fingerprint density at radius 3 is 2.57 bits per heavy atom. The van der Waals surface area contributed by atoms with Crippen molar-refractivity contribution < 1.29 is 23.0 Å². The number of hydrogen-bond donors (Lipinski definition) is 1. The van der Waals surface area contributed by atoms with Gasteiger partial charge < -0.3 is 9.84 Å². The van der Waals surface area contributed by atoms with Gasteiger partial charge in [-0.15, -0.1) is 0 Å². The van der Waals surface area contributed by atoms with E-state index in [1.807, 2.05) is 0 Å². The second-order valence-corrected chi connectivity index (χ2v) is 2.55. The van der Waals surface area contributed by atoms with Gasteiger partial charge in [0.2, 0.25) is 5.88 Å². The lowest BCUT2D eigenvalue weighted by Gasteiger charge is -2.09. The zero-order chi connectivity index (χ0) is 10.8. The van der Waals surface area contributed by atoms with E-state index < -0.39 is 18.3 Å². The van der Waals surface area contributed by atoms with Crippen LogP contribution in [-0.4, -0.2) is 17.2 Å². The SMILES string of the molecule is COc1ncc(C(F)(F)F)cc1CO. The topological polar surface area (TPSA) is 42.4 Å². The van der Waals surface area contributed by atoms with Crippen LogP contribution in [0.25, 0.3) is 0 Å². The smallest absolute Gasteiger partial charge is 0.417 e. The quantitative estimate of drug-likeness (QED) is 0.800. The lowest BCUT2D eigenvalue weighted by atomic mass is 10.2. The highest BCUT2D eigenvalue weighted by atomic mass is 19.4. The number of pyridine rings is 1. The number of methoxy groups -OCH3 is 1. The molecular formula is C8H8F3NO2. The van der Waals surface area contributed by atoms with Crippen LogP contribution in [0.4, 0.5) is 13.2 Å². The fourth-order valence-corrected chi connectivity index (χ4v) is 0.950. The minimum Gasteiger partial charge on any atom is -0.481 e. The number of aliphatic hydroxyl groups excluding tert-OH is 1. The van der Waals surface area contributed by atoms with Crippen molar-refractivity contribution in [2.45, 2.75) is 12.8 Å². The number of hydrogen-bond acceptors (Lipinski definition) is 3. The molecule has 0 radical (unpaired) electrons. The maximum atomic E-state index is 12.2. The lowest BCUT2D eigenvalue weighted by molar-refractivity contribution is -0.137. The molecule has 0 amide bonds. The van der Waals surface area contributed by atoms with Crippen molar-refractivity contribution in [3.05, 3.63) is 23.4 Å². The molecule has 1 heterocycles. The summed E-state index contributed by atoms with van der Waals surface area (Å²) in [5, 5.41) is 8.75. The Hall–Kier alpha value is -1.30. The number of ether oxygens (including phenoxy) is 1. The Kier molecular flexibility index (Phi) is 2.95. The van der Waals surface area contributed by atoms with Crippen LogP contribution < -0.4 is 4.74 Å². The van der Waals surface area contributed by atoms with Gasteiger partial charge in [0.25, 0.3) is 0 Å². The number of alkyl halides is 3. The van der Waals surface area contributed by atoms with Gasteiger partial charge in [0.1, 0.15) is 0 Å². The highest BCUT2D eigenvalue weighted by Crippen LogP contribution is 2.30. The first-order valence-electron chi connectivity index (χ1n) is 3.70. The van der Waals surface area contributed by atoms with Gasteiger partial charge in [-0.3, -0.25) is 0 Å². The fraction of sp³-hybridized carbons (Fsp3) is 0.375. The van der Waals surface area contributed by atoms with Crippen LogP contribution in [0.2, 0.25) is 0 Å². The van der Waals surface area contributed by atoms with E-state index in [1.165, 1.54) is 7.11 Å². The first-order chi connectivity index (χ1) is 6.49. The molecule has 78 valence electrons. The predicted octanol–water partition coefficient (Wildman–Crippen LogP) is 1.60. The van der Waals surface area contributed by atoms with Crippen molar-refractivity contribution in [3.63, 3.8) is 0 Å². The van der Waals surface area contributed by atoms with Crippen molar-refractivity contribution in [2.75, 3.05) is 7.11 Å². The van der Waals surface area contributed by atoms with E-state index in [1.54, 1.807) is 0 Å². The summed E-state index contributed by atoms with van der Waals surface area (Å²) < 4.78 is 41.2. The molecule has 0 bridgehead atoms. The molecule has 0 unspecified atom stereocenters. The summed E-state index contributed by atoms with van der Waals surface area (Å²) >= 11 is 0. The molecule has 0 fully saturated rings. The van der Waals surface area contributed by atoms with Crippen LogP contribution in [0.1, 0.15) is 11.1 Å². The number of aromatic nitrogens is 1. The first-order valence-corrected chi connectivity index (χ1v) is 3.70. The third-order valence-corrected chi connectivity index (χ3v) is 1.62. The van der Waals surface area contributed by atoms with Crippen molar-refractivity contribution in [1.29, 1.82) is 0 Å². The zero-order valence-electron chi connectivity index (χ0n) is 7.30. The summed E-state index contributed by atoms with van der Waals surface area (Å²) in [4.78, 5) is 3.43. The minimum atomic E-state index is -4.46. The molecule has 0 spiro atoms. The Balaban J connectivity index is 3.14. The number of halogens is 3. The van der Waals surface area contributed by atoms with E-state index in [9.17, 15) is 13.2 Å². The molecule has 1 aromatic rings. The predicted molar refractivity (Wildman–Crippen MR) is 41.7 cm³/mol. The molecule has 3 nitrogen and oxygen atoms in total. The summed E-state index contributed by atoms with van der Waals surface area (Å²) in [6, 6.07) is 0.811. The average molecular weight is 207 g/mol. The highest BCUT2D eigenvalue weighted by Gasteiger charge is 2.31. The average Bonchev–Trinajstić information content (AvgIpc) is 2.15. The van der Waals surface area contributed by atoms with Gasteiger partial charge in [-0.2, -0.15) is 13.2 Å². The van der Waals surface area contributed by atoms with Crippen molar-refractivity contribution in [2.24, 2.45) is 0 Å². The molecule has 0 aliphatic heterocycles. The fourth-order valence-electron chi connectivity index (χ4n) is 0.950. The molecule has 6 heteroatoms. The molecular weight excluding hydrogens is 199 g/mol. The minimum absolute atomic E-state index is 0.000463. The second-order valence-electron chi connectivity index (χ2n) is 2.55. The van der Waals surface area contributed by atoms with Gasteiger partial charge in [0.05, 0.1) is 19.3 Å². The van der Waals surface area contributed by atoms with Crippen LogP contribution in [0.3, 0.4) is 0 Å². The number of rotatable bonds is 2. The van der Waals surface area contributed by atoms with Crippen LogP contribution in [-0.2, 0) is 12.8 Å². The molecule has 0 aromatic carbocycles. The van der Waals surface area contributed by atoms with E-state index in [2.05, 4.69) is 9.72 Å². The molecule has 1 aromatic heterocycles. The van der Waals surface area contributed by atoms with Crippen molar-refractivity contribution in [1.82, 2.24) is 4.98 Å². The Bertz CT molecular complexity index is 325. The van der Waals surface area contributed by atoms with E-state index in [0.29, 0.717) is 6.20 Å². The summed E-state index contributed by atoms with van der Waals surface area (Å²) in [6.45, 7) is -0.542. The van der Waals surface area contributed by atoms with Gasteiger partial charge in [-0.25, -0.2) is 4.98 Å². The van der Waals surface area contributed by atoms with E-state index >= 15 is 0 Å². The van der Waals surface area contributed by atoms with Crippen molar-refractivity contribution in [3.8, 4) is 5.88 Å². The highest BCUT2D eigenvalue weighted by molar-refractivity contribution is 5.30. The number of nitrogens with zero attached hydrogens (tertiary/aromatic N) is 1. The first kappa shape index (κ1) is 10.8. The second kappa shape index (κ2) is 3.83. The lowest BCUT2D eigenvalue weighted by Crippen LogP contribution is -2.07. The van der Waals surface area contributed by atoms with E-state index in [-0.39, 0.29) is 11.4 Å². The standard InChI is InChI=1S/C8H8F3NO2/c1-14-7-5(4-13)2-6(3-12-7)8(9,10)11/h2-3,13H,4H2,1H3. The molecule has 14 heavy (non-hydrogen) atoms. The van der Waals surface area contributed by atoms with Gasteiger partial charge in [0.15, 0.2) is 0 Å². The molecule has 0 atom stereocenters. The molecule has 1 N–H and O–H groups in total. The summed E-state index contributed by atoms with van der Waals surface area (Å²) in [6.07, 6.45) is -3.79. The summed E-state index contributed by atoms with van der Waals surface area (Å²) in [7, 11) is 1.27. The van der Waals surface area contributed by atoms with E-state index in [0.717, 1.165) is 6.07 Å². The molecule has 0 saturated heterocycles. The third kappa shape index (κ3) is 2.14. The van der Waals surface area contributed by atoms with Gasteiger partial charge in [0, 0.05) is 11.8 Å². The maximum absolute atomic E-state index is 12.2. The Morgan fingerprint density at radius 1 is 1.50 bits per heavy atom. The molecule has 0 aliphatic carbocycles. The van der Waals surface area contributed by atoms with Gasteiger partial charge in [-0.05, 0) is 6.07 Å². The normalized spacial score (nSPS) is 11.5. The van der Waals surface area contributed by atoms with Crippen LogP contribution in [0.5, 0.6) is 5.88 Å². The Morgan fingerprint density at radius 2 is 2.14 bits per heavy atom. The number of aliphatic hydroxyl groups is 1. The largest absolute Gasteiger partial charge is 0.481 e. The zero-order valence-corrected chi connectivity index (χ0v) is 7.30. The molecule has 0 aliphatic rings. The molecule has 1 rings (SSSR count). The monoisotopic (exact) mass is 207 g/mol. The summed E-state index contributed by atoms with van der Waals surface area (Å²) in [5.41, 5.74) is -0.885.